The maximum atomic E-state index is 12.1. The van der Waals surface area contributed by atoms with Crippen LogP contribution in [0.4, 0.5) is 5.69 Å². The molecular formula is C21H27NO3. The molecule has 1 amide bonds. The van der Waals surface area contributed by atoms with Crippen LogP contribution in [0, 0.1) is 5.92 Å². The Hall–Kier alpha value is -2.49. The number of rotatable bonds is 8. The minimum Gasteiger partial charge on any atom is -0.493 e. The number of carbonyl (C=O) groups excluding carboxylic acids is 1. The quantitative estimate of drug-likeness (QED) is 0.746. The Morgan fingerprint density at radius 2 is 1.64 bits per heavy atom. The zero-order valence-corrected chi connectivity index (χ0v) is 15.4. The Morgan fingerprint density at radius 3 is 2.28 bits per heavy atom. The lowest BCUT2D eigenvalue weighted by molar-refractivity contribution is -0.118. The van der Waals surface area contributed by atoms with Crippen LogP contribution in [0.1, 0.15) is 39.2 Å². The van der Waals surface area contributed by atoms with Crippen molar-refractivity contribution >= 4 is 11.6 Å². The topological polar surface area (TPSA) is 47.6 Å². The van der Waals surface area contributed by atoms with Gasteiger partial charge in [-0.1, -0.05) is 45.9 Å². The van der Waals surface area contributed by atoms with Gasteiger partial charge in [0.05, 0.1) is 6.61 Å². The second-order valence-corrected chi connectivity index (χ2v) is 6.76. The average molecular weight is 341 g/mol. The fourth-order valence-corrected chi connectivity index (χ4v) is 2.33. The first-order valence-electron chi connectivity index (χ1n) is 8.70. The van der Waals surface area contributed by atoms with Crippen LogP contribution in [0.5, 0.6) is 11.5 Å². The molecule has 4 nitrogen and oxygen atoms in total. The fraction of sp³-hybridized carbons (Fsp3) is 0.381. The van der Waals surface area contributed by atoms with Crippen LogP contribution in [-0.2, 0) is 4.79 Å². The van der Waals surface area contributed by atoms with E-state index in [1.54, 1.807) is 0 Å². The third-order valence-electron chi connectivity index (χ3n) is 3.62. The standard InChI is InChI=1S/C21H27NO3/c1-15(2)13-24-18-11-9-17(10-12-18)22-21(23)14-25-20-8-6-5-7-19(20)16(3)4/h5-12,15-16H,13-14H2,1-4H3,(H,22,23). The number of anilines is 1. The van der Waals surface area contributed by atoms with E-state index in [0.717, 1.165) is 22.7 Å². The van der Waals surface area contributed by atoms with Gasteiger partial charge in [-0.15, -0.1) is 0 Å². The molecule has 1 N–H and O–H groups in total. The average Bonchev–Trinajstić information content (AvgIpc) is 2.59. The minimum atomic E-state index is -0.186. The third kappa shape index (κ3) is 6.14. The summed E-state index contributed by atoms with van der Waals surface area (Å²) >= 11 is 0. The molecule has 0 aliphatic carbocycles. The molecule has 134 valence electrons. The van der Waals surface area contributed by atoms with Crippen LogP contribution in [0.15, 0.2) is 48.5 Å². The number of para-hydroxylation sites is 1. The van der Waals surface area contributed by atoms with Crippen molar-refractivity contribution in [1.29, 1.82) is 0 Å². The third-order valence-corrected chi connectivity index (χ3v) is 3.62. The Labute approximate surface area is 150 Å². The summed E-state index contributed by atoms with van der Waals surface area (Å²) in [6, 6.07) is 15.2. The summed E-state index contributed by atoms with van der Waals surface area (Å²) in [5.41, 5.74) is 1.82. The molecular weight excluding hydrogens is 314 g/mol. The van der Waals surface area contributed by atoms with Crippen LogP contribution in [0.3, 0.4) is 0 Å². The van der Waals surface area contributed by atoms with Crippen molar-refractivity contribution in [3.05, 3.63) is 54.1 Å². The van der Waals surface area contributed by atoms with E-state index < -0.39 is 0 Å². The molecule has 0 aromatic heterocycles. The number of carbonyl (C=O) groups is 1. The van der Waals surface area contributed by atoms with E-state index in [4.69, 9.17) is 9.47 Å². The molecule has 0 aliphatic heterocycles. The fourth-order valence-electron chi connectivity index (χ4n) is 2.33. The van der Waals surface area contributed by atoms with Gasteiger partial charge in [-0.05, 0) is 47.7 Å². The van der Waals surface area contributed by atoms with Crippen molar-refractivity contribution in [2.24, 2.45) is 5.92 Å². The van der Waals surface area contributed by atoms with Crippen LogP contribution in [0.2, 0.25) is 0 Å². The zero-order chi connectivity index (χ0) is 18.2. The molecule has 0 unspecified atom stereocenters. The smallest absolute Gasteiger partial charge is 0.262 e. The molecule has 2 aromatic carbocycles. The SMILES string of the molecule is CC(C)COc1ccc(NC(=O)COc2ccccc2C(C)C)cc1. The molecule has 0 spiro atoms. The maximum Gasteiger partial charge on any atom is 0.262 e. The number of amides is 1. The van der Waals surface area contributed by atoms with Gasteiger partial charge in [0.1, 0.15) is 11.5 Å². The first kappa shape index (κ1) is 18.8. The van der Waals surface area contributed by atoms with Crippen molar-refractivity contribution in [2.45, 2.75) is 33.6 Å². The number of hydrogen-bond acceptors (Lipinski definition) is 3. The molecule has 25 heavy (non-hydrogen) atoms. The maximum absolute atomic E-state index is 12.1. The van der Waals surface area contributed by atoms with Gasteiger partial charge in [-0.3, -0.25) is 4.79 Å². The normalized spacial score (nSPS) is 10.8. The highest BCUT2D eigenvalue weighted by Crippen LogP contribution is 2.25. The van der Waals surface area contributed by atoms with Gasteiger partial charge in [0.15, 0.2) is 6.61 Å². The summed E-state index contributed by atoms with van der Waals surface area (Å²) in [7, 11) is 0. The van der Waals surface area contributed by atoms with E-state index in [1.807, 2.05) is 48.5 Å². The molecule has 4 heteroatoms. The molecule has 0 fully saturated rings. The van der Waals surface area contributed by atoms with Crippen molar-refractivity contribution in [3.63, 3.8) is 0 Å². The van der Waals surface area contributed by atoms with E-state index in [1.165, 1.54) is 0 Å². The van der Waals surface area contributed by atoms with Crippen LogP contribution >= 0.6 is 0 Å². The largest absolute Gasteiger partial charge is 0.493 e. The van der Waals surface area contributed by atoms with Gasteiger partial charge in [-0.25, -0.2) is 0 Å². The molecule has 0 heterocycles. The first-order valence-corrected chi connectivity index (χ1v) is 8.70. The lowest BCUT2D eigenvalue weighted by Crippen LogP contribution is -2.20. The summed E-state index contributed by atoms with van der Waals surface area (Å²) in [6.45, 7) is 9.07. The van der Waals surface area contributed by atoms with Gasteiger partial charge < -0.3 is 14.8 Å². The van der Waals surface area contributed by atoms with Crippen LogP contribution < -0.4 is 14.8 Å². The molecule has 0 saturated carbocycles. The summed E-state index contributed by atoms with van der Waals surface area (Å²) in [5.74, 6) is 2.19. The second-order valence-electron chi connectivity index (χ2n) is 6.76. The highest BCUT2D eigenvalue weighted by Gasteiger charge is 2.09. The van der Waals surface area contributed by atoms with E-state index >= 15 is 0 Å². The van der Waals surface area contributed by atoms with Gasteiger partial charge >= 0.3 is 0 Å². The number of benzene rings is 2. The molecule has 2 rings (SSSR count). The Bertz CT molecular complexity index is 678. The van der Waals surface area contributed by atoms with Gasteiger partial charge in [0.25, 0.3) is 5.91 Å². The molecule has 0 aliphatic rings. The summed E-state index contributed by atoms with van der Waals surface area (Å²) in [4.78, 5) is 12.1. The Morgan fingerprint density at radius 1 is 0.960 bits per heavy atom. The van der Waals surface area contributed by atoms with E-state index in [0.29, 0.717) is 18.4 Å². The van der Waals surface area contributed by atoms with Crippen molar-refractivity contribution < 1.29 is 14.3 Å². The molecule has 0 bridgehead atoms. The number of hydrogen-bond donors (Lipinski definition) is 1. The van der Waals surface area contributed by atoms with E-state index in [2.05, 4.69) is 33.0 Å². The van der Waals surface area contributed by atoms with Crippen molar-refractivity contribution in [1.82, 2.24) is 0 Å². The van der Waals surface area contributed by atoms with E-state index in [-0.39, 0.29) is 12.5 Å². The summed E-state index contributed by atoms with van der Waals surface area (Å²) < 4.78 is 11.3. The van der Waals surface area contributed by atoms with Gasteiger partial charge in [-0.2, -0.15) is 0 Å². The minimum absolute atomic E-state index is 0.0185. The monoisotopic (exact) mass is 341 g/mol. The number of nitrogens with one attached hydrogen (secondary N) is 1. The highest BCUT2D eigenvalue weighted by atomic mass is 16.5. The zero-order valence-electron chi connectivity index (χ0n) is 15.4. The Balaban J connectivity index is 1.86. The van der Waals surface area contributed by atoms with Gasteiger partial charge in [0, 0.05) is 5.69 Å². The predicted molar refractivity (Wildman–Crippen MR) is 101 cm³/mol. The lowest BCUT2D eigenvalue weighted by Gasteiger charge is -2.14. The summed E-state index contributed by atoms with van der Waals surface area (Å²) in [6.07, 6.45) is 0. The second kappa shape index (κ2) is 9.11. The highest BCUT2D eigenvalue weighted by molar-refractivity contribution is 5.91. The van der Waals surface area contributed by atoms with E-state index in [9.17, 15) is 4.79 Å². The first-order chi connectivity index (χ1) is 12.0. The van der Waals surface area contributed by atoms with Crippen molar-refractivity contribution in [2.75, 3.05) is 18.5 Å². The van der Waals surface area contributed by atoms with Crippen LogP contribution in [-0.4, -0.2) is 19.1 Å². The number of ether oxygens (including phenoxy) is 2. The molecule has 2 aromatic rings. The molecule has 0 atom stereocenters. The van der Waals surface area contributed by atoms with Gasteiger partial charge in [0.2, 0.25) is 0 Å². The molecule has 0 saturated heterocycles. The predicted octanol–water partition coefficient (Wildman–Crippen LogP) is 4.86. The lowest BCUT2D eigenvalue weighted by atomic mass is 10.0. The Kier molecular flexibility index (Phi) is 6.87. The summed E-state index contributed by atoms with van der Waals surface area (Å²) in [5, 5.41) is 2.83. The van der Waals surface area contributed by atoms with Crippen LogP contribution in [0.25, 0.3) is 0 Å². The van der Waals surface area contributed by atoms with Crippen molar-refractivity contribution in [3.8, 4) is 11.5 Å². The molecule has 0 radical (unpaired) electrons.